The van der Waals surface area contributed by atoms with Crippen molar-refractivity contribution in [1.29, 1.82) is 0 Å². The van der Waals surface area contributed by atoms with Crippen molar-refractivity contribution in [1.82, 2.24) is 24.3 Å². The number of rotatable bonds is 3. The second kappa shape index (κ2) is 9.65. The lowest BCUT2D eigenvalue weighted by Gasteiger charge is -2.21. The van der Waals surface area contributed by atoms with E-state index in [9.17, 15) is 13.6 Å². The molecular weight excluding hydrogens is 452 g/mol. The van der Waals surface area contributed by atoms with Gasteiger partial charge in [0.05, 0.1) is 29.4 Å². The van der Waals surface area contributed by atoms with Gasteiger partial charge < -0.3 is 4.74 Å². The molecule has 6 rings (SSSR count). The second-order valence-corrected chi connectivity index (χ2v) is 9.06. The van der Waals surface area contributed by atoms with Crippen LogP contribution in [0.1, 0.15) is 55.6 Å². The summed E-state index contributed by atoms with van der Waals surface area (Å²) >= 11 is 0. The van der Waals surface area contributed by atoms with Crippen LogP contribution in [0.25, 0.3) is 22.3 Å². The summed E-state index contributed by atoms with van der Waals surface area (Å²) in [6.07, 6.45) is 10.7. The number of aryl methyl sites for hydroxylation is 1. The van der Waals surface area contributed by atoms with Crippen molar-refractivity contribution in [3.8, 4) is 11.3 Å². The minimum absolute atomic E-state index is 0.165. The number of benzene rings is 1. The summed E-state index contributed by atoms with van der Waals surface area (Å²) in [6.45, 7) is 2.60. The first-order chi connectivity index (χ1) is 16.9. The molecule has 1 saturated carbocycles. The molecule has 1 aliphatic heterocycles. The molecule has 0 radical (unpaired) electrons. The van der Waals surface area contributed by atoms with Crippen LogP contribution in [0.15, 0.2) is 47.5 Å². The minimum Gasteiger partial charge on any atom is -0.373 e. The van der Waals surface area contributed by atoms with Crippen LogP contribution >= 0.6 is 0 Å². The monoisotopic (exact) mass is 479 g/mol. The summed E-state index contributed by atoms with van der Waals surface area (Å²) < 4.78 is 36.0. The Balaban J connectivity index is 0.000000156. The van der Waals surface area contributed by atoms with E-state index in [4.69, 9.17) is 4.74 Å². The van der Waals surface area contributed by atoms with Crippen LogP contribution in [0, 0.1) is 18.6 Å². The first kappa shape index (κ1) is 23.3. The van der Waals surface area contributed by atoms with Gasteiger partial charge >= 0.3 is 0 Å². The van der Waals surface area contributed by atoms with Crippen molar-refractivity contribution in [2.75, 3.05) is 6.61 Å². The van der Waals surface area contributed by atoms with E-state index >= 15 is 0 Å². The van der Waals surface area contributed by atoms with E-state index in [1.165, 1.54) is 47.9 Å². The Labute approximate surface area is 201 Å². The second-order valence-electron chi connectivity index (χ2n) is 9.06. The highest BCUT2D eigenvalue weighted by molar-refractivity contribution is 5.77. The molecule has 1 aromatic carbocycles. The van der Waals surface area contributed by atoms with Crippen LogP contribution < -0.4 is 5.56 Å². The normalized spacial score (nSPS) is 17.8. The third-order valence-corrected chi connectivity index (χ3v) is 6.46. The molecule has 9 heteroatoms. The van der Waals surface area contributed by atoms with Gasteiger partial charge in [-0.05, 0) is 63.3 Å². The van der Waals surface area contributed by atoms with Crippen molar-refractivity contribution < 1.29 is 13.5 Å². The fraction of sp³-hybridized carbons (Fsp3) is 0.385. The Morgan fingerprint density at radius 2 is 1.89 bits per heavy atom. The predicted molar refractivity (Wildman–Crippen MR) is 128 cm³/mol. The highest BCUT2D eigenvalue weighted by atomic mass is 19.1. The zero-order chi connectivity index (χ0) is 24.5. The van der Waals surface area contributed by atoms with E-state index in [1.54, 1.807) is 20.0 Å². The lowest BCUT2D eigenvalue weighted by Crippen LogP contribution is -2.21. The molecule has 1 unspecified atom stereocenters. The Bertz CT molecular complexity index is 1420. The topological polar surface area (TPSA) is 74.8 Å². The minimum atomic E-state index is -0.706. The molecule has 0 N–H and O–H groups in total. The van der Waals surface area contributed by atoms with Gasteiger partial charge in [0.2, 0.25) is 0 Å². The van der Waals surface area contributed by atoms with Crippen molar-refractivity contribution >= 4 is 11.0 Å². The highest BCUT2D eigenvalue weighted by Gasteiger charge is 2.26. The maximum absolute atomic E-state index is 13.8. The van der Waals surface area contributed by atoms with Crippen LogP contribution in [0.4, 0.5) is 8.78 Å². The van der Waals surface area contributed by atoms with E-state index in [1.807, 2.05) is 6.20 Å². The lowest BCUT2D eigenvalue weighted by molar-refractivity contribution is 0.0149. The number of fused-ring (bicyclic) bond motifs is 1. The predicted octanol–water partition coefficient (Wildman–Crippen LogP) is 5.04. The molecular formula is C26H27F2N5O2. The van der Waals surface area contributed by atoms with Gasteiger partial charge in [0.15, 0.2) is 5.65 Å². The number of hydrogen-bond donors (Lipinski definition) is 0. The Kier molecular flexibility index (Phi) is 6.42. The van der Waals surface area contributed by atoms with Gasteiger partial charge in [0, 0.05) is 37.0 Å². The average Bonchev–Trinajstić information content (AvgIpc) is 3.59. The number of ether oxygens (including phenoxy) is 1. The fourth-order valence-corrected chi connectivity index (χ4v) is 4.17. The SMILES string of the molecule is Cc1nc2nc(-c3ccc(F)cc3F)ccc2c(=O)n1C.c1nn(C2CC2)cc1C1CCCCO1. The van der Waals surface area contributed by atoms with Gasteiger partial charge in [0.25, 0.3) is 5.56 Å². The van der Waals surface area contributed by atoms with E-state index in [-0.39, 0.29) is 16.8 Å². The summed E-state index contributed by atoms with van der Waals surface area (Å²) in [6, 6.07) is 7.03. The van der Waals surface area contributed by atoms with Gasteiger partial charge in [-0.1, -0.05) is 0 Å². The van der Waals surface area contributed by atoms with E-state index in [2.05, 4.69) is 25.9 Å². The number of aromatic nitrogens is 5. The standard InChI is InChI=1S/C15H11F2N3O.C11H16N2O/c1-8-18-14-11(15(21)20(8)2)5-6-13(19-14)10-4-3-9(16)7-12(10)17;1-2-6-14-11(3-1)9-7-12-13(8-9)10-4-5-10/h3-7H,1-2H3;7-8,10-11H,1-6H2. The van der Waals surface area contributed by atoms with Crippen LogP contribution in [0.3, 0.4) is 0 Å². The summed E-state index contributed by atoms with van der Waals surface area (Å²) in [5, 5.41) is 4.75. The summed E-state index contributed by atoms with van der Waals surface area (Å²) in [5.41, 5.74) is 1.78. The molecule has 4 heterocycles. The van der Waals surface area contributed by atoms with Crippen LogP contribution in [0.2, 0.25) is 0 Å². The van der Waals surface area contributed by atoms with Crippen LogP contribution in [0.5, 0.6) is 0 Å². The lowest BCUT2D eigenvalue weighted by atomic mass is 10.0. The van der Waals surface area contributed by atoms with Gasteiger partial charge in [-0.2, -0.15) is 5.10 Å². The van der Waals surface area contributed by atoms with Gasteiger partial charge in [-0.15, -0.1) is 0 Å². The van der Waals surface area contributed by atoms with Crippen molar-refractivity contribution in [2.24, 2.45) is 7.05 Å². The molecule has 1 saturated heterocycles. The van der Waals surface area contributed by atoms with E-state index in [0.717, 1.165) is 25.2 Å². The Morgan fingerprint density at radius 1 is 1.06 bits per heavy atom. The molecule has 2 fully saturated rings. The summed E-state index contributed by atoms with van der Waals surface area (Å²) in [4.78, 5) is 20.5. The molecule has 182 valence electrons. The van der Waals surface area contributed by atoms with E-state index in [0.29, 0.717) is 29.1 Å². The first-order valence-corrected chi connectivity index (χ1v) is 11.9. The van der Waals surface area contributed by atoms with Gasteiger partial charge in [0.1, 0.15) is 17.5 Å². The van der Waals surface area contributed by atoms with Crippen LogP contribution in [-0.2, 0) is 11.8 Å². The van der Waals surface area contributed by atoms with E-state index < -0.39 is 11.6 Å². The molecule has 1 atom stereocenters. The van der Waals surface area contributed by atoms with Gasteiger partial charge in [-0.3, -0.25) is 14.0 Å². The molecule has 0 spiro atoms. The molecule has 0 amide bonds. The number of pyridine rings is 1. The largest absolute Gasteiger partial charge is 0.373 e. The maximum Gasteiger partial charge on any atom is 0.262 e. The Morgan fingerprint density at radius 3 is 2.60 bits per heavy atom. The average molecular weight is 480 g/mol. The number of nitrogens with zero attached hydrogens (tertiary/aromatic N) is 5. The smallest absolute Gasteiger partial charge is 0.262 e. The van der Waals surface area contributed by atoms with Crippen molar-refractivity contribution in [3.05, 3.63) is 76.1 Å². The molecule has 2 aliphatic rings. The first-order valence-electron chi connectivity index (χ1n) is 11.9. The molecule has 35 heavy (non-hydrogen) atoms. The van der Waals surface area contributed by atoms with Gasteiger partial charge in [-0.25, -0.2) is 18.7 Å². The third kappa shape index (κ3) is 5.00. The van der Waals surface area contributed by atoms with Crippen molar-refractivity contribution in [3.63, 3.8) is 0 Å². The molecule has 7 nitrogen and oxygen atoms in total. The number of hydrogen-bond acceptors (Lipinski definition) is 5. The molecule has 0 bridgehead atoms. The summed E-state index contributed by atoms with van der Waals surface area (Å²) in [5.74, 6) is -0.848. The number of halogens is 2. The zero-order valence-electron chi connectivity index (χ0n) is 19.7. The molecule has 3 aromatic heterocycles. The zero-order valence-corrected chi connectivity index (χ0v) is 19.7. The third-order valence-electron chi connectivity index (χ3n) is 6.46. The fourth-order valence-electron chi connectivity index (χ4n) is 4.17. The Hall–Kier alpha value is -3.46. The summed E-state index contributed by atoms with van der Waals surface area (Å²) in [7, 11) is 1.62. The van der Waals surface area contributed by atoms with Crippen molar-refractivity contribution in [2.45, 2.75) is 51.2 Å². The molecule has 4 aromatic rings. The van der Waals surface area contributed by atoms with Crippen LogP contribution in [-0.4, -0.2) is 30.9 Å². The maximum atomic E-state index is 13.8. The molecule has 1 aliphatic carbocycles. The quantitative estimate of drug-likeness (QED) is 0.412. The highest BCUT2D eigenvalue weighted by Crippen LogP contribution is 2.35.